The number of hydrogen-bond acceptors (Lipinski definition) is 3. The van der Waals surface area contributed by atoms with E-state index < -0.39 is 22.9 Å². The summed E-state index contributed by atoms with van der Waals surface area (Å²) in [5, 5.41) is 2.83. The Morgan fingerprint density at radius 1 is 1.12 bits per heavy atom. The molecule has 0 spiro atoms. The Hall–Kier alpha value is -1.37. The molecule has 1 fully saturated rings. The first-order valence-corrected chi connectivity index (χ1v) is 8.53. The van der Waals surface area contributed by atoms with E-state index in [2.05, 4.69) is 5.32 Å². The first kappa shape index (κ1) is 18.4. The number of hydrogen-bond donors (Lipinski definition) is 1. The van der Waals surface area contributed by atoms with Crippen molar-refractivity contribution in [2.24, 2.45) is 0 Å². The number of rotatable bonds is 2. The van der Waals surface area contributed by atoms with Gasteiger partial charge in [-0.15, -0.1) is 0 Å². The molecule has 0 aromatic heterocycles. The Morgan fingerprint density at radius 3 is 2.56 bits per heavy atom. The van der Waals surface area contributed by atoms with Crippen LogP contribution < -0.4 is 5.32 Å². The van der Waals surface area contributed by atoms with Gasteiger partial charge in [-0.05, 0) is 50.5 Å². The molecule has 1 aromatic carbocycles. The minimum absolute atomic E-state index is 0.0408. The van der Waals surface area contributed by atoms with E-state index in [1.165, 1.54) is 32.9 Å². The highest BCUT2D eigenvalue weighted by Gasteiger charge is 2.63. The van der Waals surface area contributed by atoms with Gasteiger partial charge < -0.3 is 14.8 Å². The van der Waals surface area contributed by atoms with Gasteiger partial charge in [0.1, 0.15) is 17.0 Å². The van der Waals surface area contributed by atoms with Crippen molar-refractivity contribution in [2.45, 2.75) is 44.3 Å². The molecule has 0 saturated carbocycles. The van der Waals surface area contributed by atoms with Crippen LogP contribution in [0.2, 0.25) is 0 Å². The maximum atomic E-state index is 15.3. The lowest BCUT2D eigenvalue weighted by molar-refractivity contribution is -0.216. The molecule has 0 unspecified atom stereocenters. The summed E-state index contributed by atoms with van der Waals surface area (Å²) < 4.78 is 56.0. The van der Waals surface area contributed by atoms with Crippen LogP contribution in [0.25, 0.3) is 5.57 Å². The Balaban J connectivity index is 2.11. The van der Waals surface area contributed by atoms with Gasteiger partial charge in [0.15, 0.2) is 0 Å². The lowest BCUT2D eigenvalue weighted by Crippen LogP contribution is -2.62. The average Bonchev–Trinajstić information content (AvgIpc) is 2.66. The van der Waals surface area contributed by atoms with Crippen LogP contribution in [0.3, 0.4) is 0 Å². The molecule has 0 radical (unpaired) electrons. The molecular formula is C19H24F3NO2. The molecule has 6 heteroatoms. The molecule has 2 aliphatic rings. The van der Waals surface area contributed by atoms with Crippen LogP contribution >= 0.6 is 0 Å². The van der Waals surface area contributed by atoms with Crippen molar-refractivity contribution in [3.8, 4) is 0 Å². The highest BCUT2D eigenvalue weighted by Crippen LogP contribution is 2.48. The minimum Gasteiger partial charge on any atom is -0.377 e. The molecule has 3 rings (SSSR count). The summed E-state index contributed by atoms with van der Waals surface area (Å²) in [6.45, 7) is 5.46. The molecule has 1 N–H and O–H groups in total. The van der Waals surface area contributed by atoms with Gasteiger partial charge in [0.25, 0.3) is 5.92 Å². The van der Waals surface area contributed by atoms with Crippen LogP contribution in [0, 0.1) is 5.82 Å². The summed E-state index contributed by atoms with van der Waals surface area (Å²) in [6, 6.07) is 4.44. The van der Waals surface area contributed by atoms with Crippen molar-refractivity contribution in [3.63, 3.8) is 0 Å². The third kappa shape index (κ3) is 3.00. The zero-order valence-corrected chi connectivity index (χ0v) is 14.8. The maximum Gasteiger partial charge on any atom is 0.297 e. The molecule has 3 nitrogen and oxygen atoms in total. The number of nitrogens with one attached hydrogen (secondary N) is 1. The van der Waals surface area contributed by atoms with Crippen LogP contribution in [-0.2, 0) is 15.0 Å². The van der Waals surface area contributed by atoms with Crippen molar-refractivity contribution < 1.29 is 22.6 Å². The zero-order chi connectivity index (χ0) is 18.3. The van der Waals surface area contributed by atoms with Crippen molar-refractivity contribution in [2.75, 3.05) is 26.4 Å². The second-order valence-electron chi connectivity index (χ2n) is 7.23. The molecule has 1 saturated heterocycles. The standard InChI is InChI=1S/C19H24F3NO2/c1-17(2)19(21,22)18(3,23-8-11-25-17)15-12-14(4-5-16(15)20)13-6-9-24-10-7-13/h4-6,12,23H,7-11H2,1-3H3/t18-/m1/s1. The van der Waals surface area contributed by atoms with E-state index in [9.17, 15) is 4.39 Å². The second kappa shape index (κ2) is 6.41. The zero-order valence-electron chi connectivity index (χ0n) is 14.8. The van der Waals surface area contributed by atoms with Crippen molar-refractivity contribution in [1.29, 1.82) is 0 Å². The SMILES string of the molecule is CC1(C)OCCN[C@](C)(c2cc(C3=CCOCC3)ccc2F)C1(F)F. The first-order chi connectivity index (χ1) is 11.7. The van der Waals surface area contributed by atoms with Crippen LogP contribution in [0.5, 0.6) is 0 Å². The van der Waals surface area contributed by atoms with Crippen LogP contribution in [0.4, 0.5) is 13.2 Å². The minimum atomic E-state index is -3.32. The molecule has 2 aliphatic heterocycles. The quantitative estimate of drug-likeness (QED) is 0.873. The van der Waals surface area contributed by atoms with E-state index in [0.29, 0.717) is 19.6 Å². The maximum absolute atomic E-state index is 15.3. The van der Waals surface area contributed by atoms with Crippen LogP contribution in [0.15, 0.2) is 24.3 Å². The van der Waals surface area contributed by atoms with Gasteiger partial charge in [0, 0.05) is 12.1 Å². The normalized spacial score (nSPS) is 29.0. The Morgan fingerprint density at radius 2 is 1.88 bits per heavy atom. The molecule has 138 valence electrons. The number of ether oxygens (including phenoxy) is 2. The van der Waals surface area contributed by atoms with Gasteiger partial charge in [0.2, 0.25) is 0 Å². The summed E-state index contributed by atoms with van der Waals surface area (Å²) in [7, 11) is 0. The predicted octanol–water partition coefficient (Wildman–Crippen LogP) is 3.88. The fraction of sp³-hybridized carbons (Fsp3) is 0.579. The number of alkyl halides is 2. The lowest BCUT2D eigenvalue weighted by Gasteiger charge is -2.44. The first-order valence-electron chi connectivity index (χ1n) is 8.53. The average molecular weight is 355 g/mol. The van der Waals surface area contributed by atoms with E-state index in [0.717, 1.165) is 11.1 Å². The smallest absolute Gasteiger partial charge is 0.297 e. The fourth-order valence-electron chi connectivity index (χ4n) is 3.57. The summed E-state index contributed by atoms with van der Waals surface area (Å²) in [5.41, 5.74) is -1.89. The second-order valence-corrected chi connectivity index (χ2v) is 7.23. The van der Waals surface area contributed by atoms with Gasteiger partial charge in [0.05, 0.1) is 19.8 Å². The van der Waals surface area contributed by atoms with Gasteiger partial charge in [-0.25, -0.2) is 13.2 Å². The van der Waals surface area contributed by atoms with Crippen molar-refractivity contribution in [1.82, 2.24) is 5.32 Å². The monoisotopic (exact) mass is 355 g/mol. The summed E-state index contributed by atoms with van der Waals surface area (Å²) in [4.78, 5) is 0. The highest BCUT2D eigenvalue weighted by molar-refractivity contribution is 5.67. The fourth-order valence-corrected chi connectivity index (χ4v) is 3.57. The van der Waals surface area contributed by atoms with E-state index in [-0.39, 0.29) is 18.7 Å². The van der Waals surface area contributed by atoms with E-state index >= 15 is 8.78 Å². The van der Waals surface area contributed by atoms with Gasteiger partial charge >= 0.3 is 0 Å². The van der Waals surface area contributed by atoms with Crippen molar-refractivity contribution >= 4 is 5.57 Å². The van der Waals surface area contributed by atoms with Crippen LogP contribution in [-0.4, -0.2) is 37.9 Å². The summed E-state index contributed by atoms with van der Waals surface area (Å²) in [6.07, 6.45) is 2.59. The molecule has 0 bridgehead atoms. The molecular weight excluding hydrogens is 331 g/mol. The number of benzene rings is 1. The van der Waals surface area contributed by atoms with E-state index in [1.54, 1.807) is 6.07 Å². The van der Waals surface area contributed by atoms with E-state index in [4.69, 9.17) is 9.47 Å². The molecule has 1 atom stereocenters. The van der Waals surface area contributed by atoms with Gasteiger partial charge in [-0.3, -0.25) is 0 Å². The van der Waals surface area contributed by atoms with Gasteiger partial charge in [-0.1, -0.05) is 12.1 Å². The molecule has 2 heterocycles. The molecule has 0 amide bonds. The van der Waals surface area contributed by atoms with Gasteiger partial charge in [-0.2, -0.15) is 0 Å². The Kier molecular flexibility index (Phi) is 4.73. The largest absolute Gasteiger partial charge is 0.377 e. The summed E-state index contributed by atoms with van der Waals surface area (Å²) >= 11 is 0. The van der Waals surface area contributed by atoms with Crippen molar-refractivity contribution in [3.05, 3.63) is 41.2 Å². The predicted molar refractivity (Wildman–Crippen MR) is 90.1 cm³/mol. The number of halogens is 3. The van der Waals surface area contributed by atoms with Crippen LogP contribution in [0.1, 0.15) is 38.3 Å². The third-order valence-corrected chi connectivity index (χ3v) is 5.27. The molecule has 1 aromatic rings. The van der Waals surface area contributed by atoms with E-state index in [1.807, 2.05) is 6.08 Å². The topological polar surface area (TPSA) is 30.5 Å². The molecule has 25 heavy (non-hydrogen) atoms. The Bertz CT molecular complexity index is 687. The third-order valence-electron chi connectivity index (χ3n) is 5.27. The summed E-state index contributed by atoms with van der Waals surface area (Å²) in [5.74, 6) is -3.97. The molecule has 0 aliphatic carbocycles. The lowest BCUT2D eigenvalue weighted by atomic mass is 9.77. The Labute approximate surface area is 146 Å². The highest BCUT2D eigenvalue weighted by atomic mass is 19.3.